The molecule has 0 saturated carbocycles. The number of hydrogen-bond acceptors (Lipinski definition) is 7. The van der Waals surface area contributed by atoms with Gasteiger partial charge in [0.15, 0.2) is 11.5 Å². The zero-order valence-corrected chi connectivity index (χ0v) is 18.0. The summed E-state index contributed by atoms with van der Waals surface area (Å²) >= 11 is 0. The van der Waals surface area contributed by atoms with Crippen molar-refractivity contribution in [3.05, 3.63) is 58.3 Å². The molecular formula is C24H27N5O3. The van der Waals surface area contributed by atoms with E-state index in [0.29, 0.717) is 25.2 Å². The van der Waals surface area contributed by atoms with Crippen molar-refractivity contribution in [2.45, 2.75) is 37.9 Å². The Morgan fingerprint density at radius 3 is 2.78 bits per heavy atom. The molecule has 3 aromatic rings. The van der Waals surface area contributed by atoms with Crippen LogP contribution in [0.1, 0.15) is 30.0 Å². The topological polar surface area (TPSA) is 81.5 Å². The number of fused-ring (bicyclic) bond motifs is 1. The van der Waals surface area contributed by atoms with Gasteiger partial charge in [-0.15, -0.1) is 0 Å². The molecule has 3 aliphatic rings. The molecule has 0 aromatic carbocycles. The summed E-state index contributed by atoms with van der Waals surface area (Å²) in [5.41, 5.74) is 4.25. The zero-order valence-electron chi connectivity index (χ0n) is 18.0. The van der Waals surface area contributed by atoms with Crippen molar-refractivity contribution in [1.82, 2.24) is 24.8 Å². The fourth-order valence-electron chi connectivity index (χ4n) is 5.20. The minimum Gasteiger partial charge on any atom is -0.486 e. The lowest BCUT2D eigenvalue weighted by Gasteiger charge is -2.34. The molecule has 1 atom stereocenters. The second kappa shape index (κ2) is 8.18. The normalized spacial score (nSPS) is 20.7. The summed E-state index contributed by atoms with van der Waals surface area (Å²) in [4.78, 5) is 23.8. The van der Waals surface area contributed by atoms with Crippen LogP contribution in [0.5, 0.6) is 11.5 Å². The van der Waals surface area contributed by atoms with Crippen LogP contribution in [0.15, 0.2) is 41.5 Å². The number of aromatic nitrogens is 3. The largest absolute Gasteiger partial charge is 0.486 e. The quantitative estimate of drug-likeness (QED) is 0.658. The van der Waals surface area contributed by atoms with Crippen LogP contribution < -0.4 is 20.3 Å². The summed E-state index contributed by atoms with van der Waals surface area (Å²) < 4.78 is 13.1. The van der Waals surface area contributed by atoms with Gasteiger partial charge in [-0.1, -0.05) is 0 Å². The van der Waals surface area contributed by atoms with Gasteiger partial charge in [-0.05, 0) is 43.6 Å². The van der Waals surface area contributed by atoms with E-state index >= 15 is 0 Å². The average molecular weight is 434 g/mol. The third-order valence-corrected chi connectivity index (χ3v) is 6.87. The molecule has 8 nitrogen and oxygen atoms in total. The monoisotopic (exact) mass is 433 g/mol. The molecule has 1 N–H and O–H groups in total. The van der Waals surface area contributed by atoms with Crippen LogP contribution in [-0.2, 0) is 13.1 Å². The molecule has 8 heteroatoms. The number of hydrogen-bond donors (Lipinski definition) is 1. The molecule has 0 bridgehead atoms. The second-order valence-corrected chi connectivity index (χ2v) is 8.89. The maximum atomic E-state index is 12.3. The molecule has 3 aromatic heterocycles. The zero-order chi connectivity index (χ0) is 21.5. The maximum absolute atomic E-state index is 12.3. The van der Waals surface area contributed by atoms with Crippen molar-refractivity contribution in [3.8, 4) is 11.5 Å². The highest BCUT2D eigenvalue weighted by Crippen LogP contribution is 2.33. The Morgan fingerprint density at radius 1 is 1.06 bits per heavy atom. The average Bonchev–Trinajstić information content (AvgIpc) is 3.21. The van der Waals surface area contributed by atoms with Crippen LogP contribution in [-0.4, -0.2) is 58.3 Å². The molecule has 6 heterocycles. The van der Waals surface area contributed by atoms with Crippen molar-refractivity contribution in [2.75, 3.05) is 32.8 Å². The van der Waals surface area contributed by atoms with Crippen LogP contribution in [0.25, 0.3) is 11.0 Å². The third kappa shape index (κ3) is 3.63. The lowest BCUT2D eigenvalue weighted by atomic mass is 9.98. The molecule has 166 valence electrons. The third-order valence-electron chi connectivity index (χ3n) is 6.87. The van der Waals surface area contributed by atoms with Crippen LogP contribution in [0.3, 0.4) is 0 Å². The molecule has 1 fully saturated rings. The van der Waals surface area contributed by atoms with Gasteiger partial charge in [-0.25, -0.2) is 0 Å². The Hall–Kier alpha value is -2.97. The summed E-state index contributed by atoms with van der Waals surface area (Å²) in [5, 5.41) is 3.66. The van der Waals surface area contributed by atoms with E-state index in [4.69, 9.17) is 9.47 Å². The molecule has 1 unspecified atom stereocenters. The SMILES string of the molecule is O=c1ccc2nccc3c2n1CC3CN1CCC(NCc2cc3c(cn2)OCCO3)CC1. The van der Waals surface area contributed by atoms with E-state index in [1.807, 2.05) is 22.9 Å². The highest BCUT2D eigenvalue weighted by molar-refractivity contribution is 5.80. The number of likely N-dealkylation sites (tertiary alicyclic amines) is 1. The number of pyridine rings is 3. The smallest absolute Gasteiger partial charge is 0.251 e. The molecule has 0 amide bonds. The van der Waals surface area contributed by atoms with Gasteiger partial charge in [-0.3, -0.25) is 14.8 Å². The molecular weight excluding hydrogens is 406 g/mol. The molecule has 32 heavy (non-hydrogen) atoms. The van der Waals surface area contributed by atoms with E-state index in [1.54, 1.807) is 12.3 Å². The van der Waals surface area contributed by atoms with Gasteiger partial charge < -0.3 is 24.3 Å². The van der Waals surface area contributed by atoms with Gasteiger partial charge in [0, 0.05) is 49.9 Å². The van der Waals surface area contributed by atoms with E-state index in [0.717, 1.165) is 73.8 Å². The minimum absolute atomic E-state index is 0.0740. The first-order valence-corrected chi connectivity index (χ1v) is 11.4. The van der Waals surface area contributed by atoms with Gasteiger partial charge in [0.2, 0.25) is 0 Å². The molecule has 3 aliphatic heterocycles. The van der Waals surface area contributed by atoms with Gasteiger partial charge >= 0.3 is 0 Å². The van der Waals surface area contributed by atoms with E-state index in [9.17, 15) is 4.79 Å². The van der Waals surface area contributed by atoms with Gasteiger partial charge in [0.05, 0.1) is 22.9 Å². The van der Waals surface area contributed by atoms with Gasteiger partial charge in [0.25, 0.3) is 5.56 Å². The fourth-order valence-corrected chi connectivity index (χ4v) is 5.20. The lowest BCUT2D eigenvalue weighted by molar-refractivity contribution is 0.170. The van der Waals surface area contributed by atoms with Crippen molar-refractivity contribution < 1.29 is 9.47 Å². The predicted octanol–water partition coefficient (Wildman–Crippen LogP) is 1.91. The maximum Gasteiger partial charge on any atom is 0.251 e. The van der Waals surface area contributed by atoms with Gasteiger partial charge in [-0.2, -0.15) is 0 Å². The molecule has 0 radical (unpaired) electrons. The first-order valence-electron chi connectivity index (χ1n) is 11.4. The molecule has 1 saturated heterocycles. The second-order valence-electron chi connectivity index (χ2n) is 8.89. The van der Waals surface area contributed by atoms with E-state index in [1.165, 1.54) is 5.56 Å². The van der Waals surface area contributed by atoms with Gasteiger partial charge in [0.1, 0.15) is 13.2 Å². The first-order chi connectivity index (χ1) is 15.7. The molecule has 6 rings (SSSR count). The summed E-state index contributed by atoms with van der Waals surface area (Å²) in [6, 6.07) is 8.02. The number of nitrogens with zero attached hydrogens (tertiary/aromatic N) is 4. The van der Waals surface area contributed by atoms with E-state index in [2.05, 4.69) is 26.3 Å². The Balaban J connectivity index is 1.04. The summed E-state index contributed by atoms with van der Waals surface area (Å²) in [6.45, 7) is 5.76. The lowest BCUT2D eigenvalue weighted by Crippen LogP contribution is -2.43. The summed E-state index contributed by atoms with van der Waals surface area (Å²) in [6.07, 6.45) is 5.84. The van der Waals surface area contributed by atoms with E-state index in [-0.39, 0.29) is 5.56 Å². The number of rotatable bonds is 5. The van der Waals surface area contributed by atoms with Crippen molar-refractivity contribution >= 4 is 11.0 Å². The number of nitrogens with one attached hydrogen (secondary N) is 1. The van der Waals surface area contributed by atoms with Crippen LogP contribution in [0.4, 0.5) is 0 Å². The molecule has 0 aliphatic carbocycles. The van der Waals surface area contributed by atoms with Crippen molar-refractivity contribution in [1.29, 1.82) is 0 Å². The van der Waals surface area contributed by atoms with Crippen molar-refractivity contribution in [3.63, 3.8) is 0 Å². The first kappa shape index (κ1) is 19.7. The highest BCUT2D eigenvalue weighted by Gasteiger charge is 2.29. The van der Waals surface area contributed by atoms with Crippen LogP contribution in [0.2, 0.25) is 0 Å². The summed E-state index contributed by atoms with van der Waals surface area (Å²) in [5.74, 6) is 1.87. The Bertz CT molecular complexity index is 1200. The predicted molar refractivity (Wildman–Crippen MR) is 120 cm³/mol. The Labute approximate surface area is 186 Å². The molecule has 0 spiro atoms. The Morgan fingerprint density at radius 2 is 1.91 bits per heavy atom. The van der Waals surface area contributed by atoms with Crippen LogP contribution >= 0.6 is 0 Å². The fraction of sp³-hybridized carbons (Fsp3) is 0.458. The van der Waals surface area contributed by atoms with E-state index < -0.39 is 0 Å². The minimum atomic E-state index is 0.0740. The number of ether oxygens (including phenoxy) is 2. The standard InChI is InChI=1S/C24H27N5O3/c30-23-2-1-20-24-19(3-6-25-20)16(15-29(23)24)14-28-7-4-17(5-8-28)26-12-18-11-21-22(13-27-18)32-10-9-31-21/h1-3,6,11,13,16-17,26H,4-5,7-10,12,14-15H2. The van der Waals surface area contributed by atoms with Crippen LogP contribution in [0, 0.1) is 0 Å². The number of piperidine rings is 1. The Kier molecular flexibility index (Phi) is 5.04. The van der Waals surface area contributed by atoms with Crippen molar-refractivity contribution in [2.24, 2.45) is 0 Å². The highest BCUT2D eigenvalue weighted by atomic mass is 16.6. The summed E-state index contributed by atoms with van der Waals surface area (Å²) in [7, 11) is 0.